The molecule has 0 radical (unpaired) electrons. The van der Waals surface area contributed by atoms with E-state index in [2.05, 4.69) is 0 Å². The summed E-state index contributed by atoms with van der Waals surface area (Å²) in [5.74, 6) is -0.588. The second kappa shape index (κ2) is 5.35. The van der Waals surface area contributed by atoms with Crippen molar-refractivity contribution in [2.45, 2.75) is 26.9 Å². The molecule has 0 aliphatic carbocycles. The third kappa shape index (κ3) is 3.15. The van der Waals surface area contributed by atoms with Gasteiger partial charge >= 0.3 is 6.18 Å². The lowest BCUT2D eigenvalue weighted by Gasteiger charge is -2.14. The lowest BCUT2D eigenvalue weighted by Crippen LogP contribution is -2.11. The minimum absolute atomic E-state index is 0.295. The molecule has 2 aromatic rings. The summed E-state index contributed by atoms with van der Waals surface area (Å²) in [4.78, 5) is 11.4. The first-order chi connectivity index (χ1) is 9.70. The van der Waals surface area contributed by atoms with Gasteiger partial charge in [0.1, 0.15) is 0 Å². The topological polar surface area (TPSA) is 17.1 Å². The average molecular weight is 292 g/mol. The predicted molar refractivity (Wildman–Crippen MR) is 76.4 cm³/mol. The van der Waals surface area contributed by atoms with E-state index in [1.165, 1.54) is 6.07 Å². The van der Waals surface area contributed by atoms with Gasteiger partial charge in [-0.3, -0.25) is 4.79 Å². The molecule has 1 nitrogen and oxygen atoms in total. The number of benzene rings is 2. The molecular weight excluding hydrogens is 277 g/mol. The third-order valence-corrected chi connectivity index (χ3v) is 3.41. The molecule has 0 unspecified atom stereocenters. The van der Waals surface area contributed by atoms with E-state index in [1.54, 1.807) is 6.07 Å². The molecule has 0 spiro atoms. The van der Waals surface area contributed by atoms with E-state index in [9.17, 15) is 18.0 Å². The van der Waals surface area contributed by atoms with Crippen LogP contribution in [0.1, 0.15) is 34.0 Å². The van der Waals surface area contributed by atoms with Gasteiger partial charge in [-0.05, 0) is 43.5 Å². The number of rotatable bonds is 2. The van der Waals surface area contributed by atoms with Gasteiger partial charge in [0.15, 0.2) is 5.78 Å². The van der Waals surface area contributed by atoms with Crippen LogP contribution in [0.25, 0.3) is 11.1 Å². The predicted octanol–water partition coefficient (Wildman–Crippen LogP) is 5.19. The maximum atomic E-state index is 13.1. The first-order valence-electron chi connectivity index (χ1n) is 6.50. The van der Waals surface area contributed by atoms with Crippen molar-refractivity contribution < 1.29 is 18.0 Å². The highest BCUT2D eigenvalue weighted by Crippen LogP contribution is 2.36. The molecule has 0 fully saturated rings. The summed E-state index contributed by atoms with van der Waals surface area (Å²) >= 11 is 0. The van der Waals surface area contributed by atoms with E-state index in [4.69, 9.17) is 0 Å². The van der Waals surface area contributed by atoms with Crippen molar-refractivity contribution in [3.63, 3.8) is 0 Å². The monoisotopic (exact) mass is 292 g/mol. The number of ketones is 1. The Morgan fingerprint density at radius 2 is 1.67 bits per heavy atom. The summed E-state index contributed by atoms with van der Waals surface area (Å²) in [6, 6.07) is 9.50. The van der Waals surface area contributed by atoms with E-state index < -0.39 is 17.5 Å². The molecule has 0 aliphatic heterocycles. The number of carbonyl (C=O) groups excluding carboxylic acids is 1. The van der Waals surface area contributed by atoms with Crippen LogP contribution >= 0.6 is 0 Å². The highest BCUT2D eigenvalue weighted by atomic mass is 19.4. The molecule has 4 heteroatoms. The van der Waals surface area contributed by atoms with Gasteiger partial charge in [-0.2, -0.15) is 13.2 Å². The number of halogens is 3. The zero-order chi connectivity index (χ0) is 15.8. The SMILES string of the molecule is CC(=O)c1ccc(-c2cc(C)ccc2C)cc1C(F)(F)F. The minimum atomic E-state index is -4.55. The molecule has 110 valence electrons. The van der Waals surface area contributed by atoms with Crippen molar-refractivity contribution in [3.05, 3.63) is 58.7 Å². The first kappa shape index (κ1) is 15.3. The number of aryl methyl sites for hydroxylation is 2. The molecule has 0 saturated carbocycles. The Kier molecular flexibility index (Phi) is 3.90. The molecule has 0 amide bonds. The summed E-state index contributed by atoms with van der Waals surface area (Å²) in [5, 5.41) is 0. The van der Waals surface area contributed by atoms with Gasteiger partial charge in [0.05, 0.1) is 5.56 Å². The number of hydrogen-bond donors (Lipinski definition) is 0. The Bertz CT molecular complexity index is 700. The van der Waals surface area contributed by atoms with Crippen molar-refractivity contribution in [2.24, 2.45) is 0 Å². The quantitative estimate of drug-likeness (QED) is 0.696. The standard InChI is InChI=1S/C17H15F3O/c1-10-4-5-11(2)15(8-10)13-6-7-14(12(3)21)16(9-13)17(18,19)20/h4-9H,1-3H3. The minimum Gasteiger partial charge on any atom is -0.294 e. The Morgan fingerprint density at radius 3 is 2.24 bits per heavy atom. The lowest BCUT2D eigenvalue weighted by atomic mass is 9.94. The fourth-order valence-corrected chi connectivity index (χ4v) is 2.30. The third-order valence-electron chi connectivity index (χ3n) is 3.41. The summed E-state index contributed by atoms with van der Waals surface area (Å²) in [6.45, 7) is 4.88. The average Bonchev–Trinajstić information content (AvgIpc) is 2.40. The molecule has 2 aromatic carbocycles. The van der Waals surface area contributed by atoms with Crippen LogP contribution in [0.15, 0.2) is 36.4 Å². The van der Waals surface area contributed by atoms with Crippen molar-refractivity contribution in [2.75, 3.05) is 0 Å². The smallest absolute Gasteiger partial charge is 0.294 e. The van der Waals surface area contributed by atoms with Gasteiger partial charge in [-0.15, -0.1) is 0 Å². The van der Waals surface area contributed by atoms with Gasteiger partial charge in [0, 0.05) is 5.56 Å². The molecule has 0 bridgehead atoms. The van der Waals surface area contributed by atoms with Crippen LogP contribution in [0.5, 0.6) is 0 Å². The summed E-state index contributed by atoms with van der Waals surface area (Å²) < 4.78 is 39.4. The van der Waals surface area contributed by atoms with Crippen LogP contribution in [0.2, 0.25) is 0 Å². The largest absolute Gasteiger partial charge is 0.417 e. The van der Waals surface area contributed by atoms with Crippen LogP contribution in [0.3, 0.4) is 0 Å². The van der Waals surface area contributed by atoms with Crippen LogP contribution < -0.4 is 0 Å². The zero-order valence-electron chi connectivity index (χ0n) is 12.0. The van der Waals surface area contributed by atoms with Gasteiger partial charge in [0.2, 0.25) is 0 Å². The Balaban J connectivity index is 2.67. The maximum Gasteiger partial charge on any atom is 0.417 e. The maximum absolute atomic E-state index is 13.1. The Labute approximate surface area is 121 Å². The fourth-order valence-electron chi connectivity index (χ4n) is 2.30. The first-order valence-corrected chi connectivity index (χ1v) is 6.50. The summed E-state index contributed by atoms with van der Waals surface area (Å²) in [6.07, 6.45) is -4.55. The van der Waals surface area contributed by atoms with Crippen LogP contribution in [-0.2, 0) is 6.18 Å². The Hall–Kier alpha value is -2.10. The van der Waals surface area contributed by atoms with Crippen LogP contribution in [0, 0.1) is 13.8 Å². The number of carbonyl (C=O) groups is 1. The highest BCUT2D eigenvalue weighted by Gasteiger charge is 2.34. The van der Waals surface area contributed by atoms with Crippen molar-refractivity contribution >= 4 is 5.78 Å². The van der Waals surface area contributed by atoms with Crippen molar-refractivity contribution in [1.82, 2.24) is 0 Å². The number of alkyl halides is 3. The molecule has 0 aromatic heterocycles. The summed E-state index contributed by atoms with van der Waals surface area (Å²) in [7, 11) is 0. The van der Waals surface area contributed by atoms with Crippen LogP contribution in [0.4, 0.5) is 13.2 Å². The van der Waals surface area contributed by atoms with Gasteiger partial charge in [-0.1, -0.05) is 35.9 Å². The number of Topliss-reactive ketones (excluding diaryl/α,β-unsaturated/α-hetero) is 1. The van der Waals surface area contributed by atoms with E-state index in [0.29, 0.717) is 5.56 Å². The van der Waals surface area contributed by atoms with Gasteiger partial charge < -0.3 is 0 Å². The van der Waals surface area contributed by atoms with Crippen molar-refractivity contribution in [3.8, 4) is 11.1 Å². The zero-order valence-corrected chi connectivity index (χ0v) is 12.0. The fraction of sp³-hybridized carbons (Fsp3) is 0.235. The number of hydrogen-bond acceptors (Lipinski definition) is 1. The van der Waals surface area contributed by atoms with Crippen molar-refractivity contribution in [1.29, 1.82) is 0 Å². The second-order valence-corrected chi connectivity index (χ2v) is 5.13. The highest BCUT2D eigenvalue weighted by molar-refractivity contribution is 5.96. The second-order valence-electron chi connectivity index (χ2n) is 5.13. The molecule has 0 aliphatic rings. The molecule has 0 N–H and O–H groups in total. The lowest BCUT2D eigenvalue weighted by molar-refractivity contribution is -0.137. The Morgan fingerprint density at radius 1 is 1.00 bits per heavy atom. The molecule has 0 atom stereocenters. The molecule has 0 saturated heterocycles. The molecule has 21 heavy (non-hydrogen) atoms. The summed E-state index contributed by atoms with van der Waals surface area (Å²) in [5.41, 5.74) is 1.90. The molecular formula is C17H15F3O. The van der Waals surface area contributed by atoms with E-state index in [0.717, 1.165) is 29.7 Å². The normalized spacial score (nSPS) is 11.5. The molecule has 0 heterocycles. The van der Waals surface area contributed by atoms with E-state index in [1.807, 2.05) is 32.0 Å². The van der Waals surface area contributed by atoms with Gasteiger partial charge in [-0.25, -0.2) is 0 Å². The van der Waals surface area contributed by atoms with Gasteiger partial charge in [0.25, 0.3) is 0 Å². The molecule has 2 rings (SSSR count). The van der Waals surface area contributed by atoms with E-state index in [-0.39, 0.29) is 5.56 Å². The van der Waals surface area contributed by atoms with Crippen LogP contribution in [-0.4, -0.2) is 5.78 Å². The van der Waals surface area contributed by atoms with E-state index >= 15 is 0 Å².